The van der Waals surface area contributed by atoms with Crippen molar-refractivity contribution in [2.24, 2.45) is 0 Å². The summed E-state index contributed by atoms with van der Waals surface area (Å²) in [6.07, 6.45) is 52.4. The number of aliphatic hydroxyl groups is 2. The van der Waals surface area contributed by atoms with E-state index >= 15 is 0 Å². The lowest BCUT2D eigenvalue weighted by Gasteiger charge is -2.24. The molecule has 342 valence electrons. The number of esters is 1. The van der Waals surface area contributed by atoms with E-state index in [1.807, 2.05) is 0 Å². The predicted octanol–water partition coefficient (Wildman–Crippen LogP) is 15.1. The Morgan fingerprint density at radius 2 is 0.828 bits per heavy atom. The minimum absolute atomic E-state index is 0.0696. The van der Waals surface area contributed by atoms with Crippen LogP contribution in [0.1, 0.15) is 271 Å². The largest absolute Gasteiger partial charge is 0.462 e. The molecule has 0 heterocycles. The highest BCUT2D eigenvalue weighted by molar-refractivity contribution is 5.77. The van der Waals surface area contributed by atoms with Crippen molar-refractivity contribution in [2.45, 2.75) is 289 Å². The second-order valence-electron chi connectivity index (χ2n) is 17.6. The molecule has 6 nitrogen and oxygen atoms in total. The minimum Gasteiger partial charge on any atom is -0.462 e. The first-order chi connectivity index (χ1) is 28.5. The second kappa shape index (κ2) is 46.4. The van der Waals surface area contributed by atoms with Gasteiger partial charge in [-0.05, 0) is 77.0 Å². The number of amides is 1. The number of nitrogens with one attached hydrogen (secondary N) is 1. The predicted molar refractivity (Wildman–Crippen MR) is 250 cm³/mol. The summed E-state index contributed by atoms with van der Waals surface area (Å²) in [7, 11) is 0. The van der Waals surface area contributed by atoms with Crippen LogP contribution in [0, 0.1) is 0 Å². The monoisotopic (exact) mass is 818 g/mol. The van der Waals surface area contributed by atoms with Crippen LogP contribution in [-0.2, 0) is 14.3 Å². The number of allylic oxidation sites excluding steroid dienone is 4. The summed E-state index contributed by atoms with van der Waals surface area (Å²) in [6, 6.07) is -0.702. The van der Waals surface area contributed by atoms with E-state index < -0.39 is 18.2 Å². The lowest BCUT2D eigenvalue weighted by molar-refractivity contribution is -0.151. The third-order valence-electron chi connectivity index (χ3n) is 11.8. The summed E-state index contributed by atoms with van der Waals surface area (Å²) < 4.78 is 5.92. The van der Waals surface area contributed by atoms with Gasteiger partial charge < -0.3 is 20.3 Å². The Bertz CT molecular complexity index is 919. The van der Waals surface area contributed by atoms with Crippen molar-refractivity contribution in [3.8, 4) is 0 Å². The number of ether oxygens (including phenoxy) is 1. The quantitative estimate of drug-likeness (QED) is 0.0323. The minimum atomic E-state index is -0.787. The average molecular weight is 818 g/mol. The Balaban J connectivity index is 4.60. The van der Waals surface area contributed by atoms with E-state index in [2.05, 4.69) is 50.4 Å². The van der Waals surface area contributed by atoms with Gasteiger partial charge in [0, 0.05) is 6.42 Å². The molecule has 0 rings (SSSR count). The highest BCUT2D eigenvalue weighted by atomic mass is 16.5. The summed E-state index contributed by atoms with van der Waals surface area (Å²) in [5.74, 6) is -0.491. The molecule has 0 saturated carbocycles. The summed E-state index contributed by atoms with van der Waals surface area (Å²) in [5, 5.41) is 23.7. The molecule has 0 aromatic carbocycles. The molecule has 0 aliphatic carbocycles. The average Bonchev–Trinajstić information content (AvgIpc) is 3.22. The topological polar surface area (TPSA) is 95.9 Å². The van der Waals surface area contributed by atoms with E-state index in [-0.39, 0.29) is 24.9 Å². The number of rotatable bonds is 46. The normalized spacial score (nSPS) is 13.4. The first-order valence-electron chi connectivity index (χ1n) is 25.6. The zero-order valence-electron chi connectivity index (χ0n) is 38.9. The maximum absolute atomic E-state index is 13.2. The van der Waals surface area contributed by atoms with Gasteiger partial charge in [0.15, 0.2) is 0 Å². The van der Waals surface area contributed by atoms with Crippen LogP contribution in [-0.4, -0.2) is 46.9 Å². The van der Waals surface area contributed by atoms with Crippen molar-refractivity contribution in [3.63, 3.8) is 0 Å². The number of carbonyl (C=O) groups excluding carboxylic acids is 2. The van der Waals surface area contributed by atoms with Crippen LogP contribution in [0.4, 0.5) is 0 Å². The molecule has 3 atom stereocenters. The van der Waals surface area contributed by atoms with Gasteiger partial charge >= 0.3 is 5.97 Å². The molecule has 0 aromatic heterocycles. The molecule has 6 heteroatoms. The molecule has 58 heavy (non-hydrogen) atoms. The Labute approximate surface area is 361 Å². The Morgan fingerprint density at radius 3 is 1.22 bits per heavy atom. The van der Waals surface area contributed by atoms with E-state index in [1.54, 1.807) is 0 Å². The fourth-order valence-electron chi connectivity index (χ4n) is 7.83. The lowest BCUT2D eigenvalue weighted by atomic mass is 10.0. The Kier molecular flexibility index (Phi) is 45.1. The maximum Gasteiger partial charge on any atom is 0.306 e. The Hall–Kier alpha value is -1.66. The molecule has 0 saturated heterocycles. The molecule has 0 bridgehead atoms. The van der Waals surface area contributed by atoms with Crippen LogP contribution in [0.15, 0.2) is 24.3 Å². The number of hydrogen-bond donors (Lipinski definition) is 3. The van der Waals surface area contributed by atoms with Gasteiger partial charge in [0.2, 0.25) is 5.91 Å². The van der Waals surface area contributed by atoms with Gasteiger partial charge in [-0.2, -0.15) is 0 Å². The van der Waals surface area contributed by atoms with Gasteiger partial charge in [-0.3, -0.25) is 9.59 Å². The van der Waals surface area contributed by atoms with E-state index in [0.717, 1.165) is 70.6 Å². The van der Waals surface area contributed by atoms with Crippen molar-refractivity contribution in [2.75, 3.05) is 6.61 Å². The molecule has 0 spiro atoms. The number of unbranched alkanes of at least 4 members (excludes halogenated alkanes) is 30. The fraction of sp³-hybridized carbons (Fsp3) is 0.885. The van der Waals surface area contributed by atoms with Gasteiger partial charge in [0.25, 0.3) is 0 Å². The molecule has 0 fully saturated rings. The Morgan fingerprint density at radius 1 is 0.483 bits per heavy atom. The summed E-state index contributed by atoms with van der Waals surface area (Å²) in [4.78, 5) is 26.1. The fourth-order valence-corrected chi connectivity index (χ4v) is 7.83. The van der Waals surface area contributed by atoms with Crippen LogP contribution < -0.4 is 5.32 Å². The van der Waals surface area contributed by atoms with Gasteiger partial charge in [0.1, 0.15) is 6.10 Å². The van der Waals surface area contributed by atoms with Gasteiger partial charge in [0.05, 0.1) is 25.2 Å². The first kappa shape index (κ1) is 56.3. The van der Waals surface area contributed by atoms with Crippen LogP contribution in [0.2, 0.25) is 0 Å². The van der Waals surface area contributed by atoms with Crippen LogP contribution in [0.5, 0.6) is 0 Å². The van der Waals surface area contributed by atoms with Gasteiger partial charge in [-0.15, -0.1) is 0 Å². The third kappa shape index (κ3) is 41.1. The molecule has 0 aliphatic rings. The van der Waals surface area contributed by atoms with E-state index in [9.17, 15) is 19.8 Å². The number of hydrogen-bond acceptors (Lipinski definition) is 5. The summed E-state index contributed by atoms with van der Waals surface area (Å²) in [5.41, 5.74) is 0. The molecule has 3 unspecified atom stereocenters. The third-order valence-corrected chi connectivity index (χ3v) is 11.8. The smallest absolute Gasteiger partial charge is 0.306 e. The van der Waals surface area contributed by atoms with E-state index in [1.165, 1.54) is 154 Å². The second-order valence-corrected chi connectivity index (χ2v) is 17.6. The standard InChI is InChI=1S/C52H99NO5/c1-4-7-10-13-16-19-22-24-26-27-29-31-34-37-40-43-48(58-52(57)45-42-39-36-33-30-28-25-23-20-17-14-11-8-5-2)46-51(56)53-49(47-54)50(55)44-41-38-35-32-21-18-15-12-9-6-3/h24,26,28,30,48-50,54-55H,4-23,25,27,29,31-47H2,1-3H3,(H,53,56)/b26-24+,30-28-. The summed E-state index contributed by atoms with van der Waals surface area (Å²) >= 11 is 0. The van der Waals surface area contributed by atoms with Crippen molar-refractivity contribution in [1.82, 2.24) is 5.32 Å². The zero-order valence-corrected chi connectivity index (χ0v) is 38.9. The van der Waals surface area contributed by atoms with Crippen LogP contribution >= 0.6 is 0 Å². The lowest BCUT2D eigenvalue weighted by Crippen LogP contribution is -2.46. The van der Waals surface area contributed by atoms with Crippen molar-refractivity contribution in [3.05, 3.63) is 24.3 Å². The molecule has 0 aliphatic heterocycles. The molecular formula is C52H99NO5. The van der Waals surface area contributed by atoms with Crippen LogP contribution in [0.25, 0.3) is 0 Å². The van der Waals surface area contributed by atoms with E-state index in [0.29, 0.717) is 19.3 Å². The van der Waals surface area contributed by atoms with Gasteiger partial charge in [-0.25, -0.2) is 0 Å². The zero-order chi connectivity index (χ0) is 42.4. The van der Waals surface area contributed by atoms with Crippen molar-refractivity contribution < 1.29 is 24.5 Å². The highest BCUT2D eigenvalue weighted by Crippen LogP contribution is 2.17. The molecule has 0 aromatic rings. The maximum atomic E-state index is 13.2. The van der Waals surface area contributed by atoms with Crippen molar-refractivity contribution in [1.29, 1.82) is 0 Å². The van der Waals surface area contributed by atoms with E-state index in [4.69, 9.17) is 4.74 Å². The van der Waals surface area contributed by atoms with Gasteiger partial charge in [-0.1, -0.05) is 206 Å². The first-order valence-corrected chi connectivity index (χ1v) is 25.6. The van der Waals surface area contributed by atoms with Crippen molar-refractivity contribution >= 4 is 11.9 Å². The number of aliphatic hydroxyl groups excluding tert-OH is 2. The molecule has 3 N–H and O–H groups in total. The SMILES string of the molecule is CCCCCCCC/C=C/CCCCCCCC(CC(=O)NC(CO)C(O)CCCCCCCCCCCC)OC(=O)CCCCC/C=C\CCCCCCCCC. The highest BCUT2D eigenvalue weighted by Gasteiger charge is 2.24. The number of carbonyl (C=O) groups is 2. The molecule has 1 amide bonds. The van der Waals surface area contributed by atoms with Crippen LogP contribution in [0.3, 0.4) is 0 Å². The summed E-state index contributed by atoms with van der Waals surface area (Å²) in [6.45, 7) is 6.47. The molecular weight excluding hydrogens is 719 g/mol. The molecule has 0 radical (unpaired) electrons.